The van der Waals surface area contributed by atoms with Crippen molar-refractivity contribution in [3.05, 3.63) is 5.53 Å². The van der Waals surface area contributed by atoms with Crippen molar-refractivity contribution >= 4 is 25.5 Å². The SMILES string of the molecule is CCC(=O)C(=[N+]=[N-])C(=O)OCC[Si](C)(C)C. The zero-order chi connectivity index (χ0) is 12.8. The van der Waals surface area contributed by atoms with E-state index in [-0.39, 0.29) is 13.0 Å². The van der Waals surface area contributed by atoms with Crippen molar-refractivity contribution in [3.8, 4) is 0 Å². The molecule has 0 rings (SSSR count). The van der Waals surface area contributed by atoms with Crippen LogP contribution in [-0.2, 0) is 14.3 Å². The maximum Gasteiger partial charge on any atom is 0.441 e. The van der Waals surface area contributed by atoms with Crippen molar-refractivity contribution in [2.45, 2.75) is 39.0 Å². The molecule has 0 aliphatic rings. The van der Waals surface area contributed by atoms with E-state index in [4.69, 9.17) is 10.3 Å². The highest BCUT2D eigenvalue weighted by Gasteiger charge is 2.29. The van der Waals surface area contributed by atoms with Gasteiger partial charge >= 0.3 is 11.7 Å². The summed E-state index contributed by atoms with van der Waals surface area (Å²) in [5, 5.41) is 0. The zero-order valence-corrected chi connectivity index (χ0v) is 11.2. The normalized spacial score (nSPS) is 10.5. The molecular formula is C10H18N2O3Si. The summed E-state index contributed by atoms with van der Waals surface area (Å²) < 4.78 is 4.88. The Morgan fingerprint density at radius 1 is 1.31 bits per heavy atom. The lowest BCUT2D eigenvalue weighted by Gasteiger charge is -2.14. The van der Waals surface area contributed by atoms with E-state index in [0.29, 0.717) is 0 Å². The molecule has 0 fully saturated rings. The quantitative estimate of drug-likeness (QED) is 0.177. The molecule has 90 valence electrons. The van der Waals surface area contributed by atoms with E-state index in [9.17, 15) is 9.59 Å². The predicted molar refractivity (Wildman–Crippen MR) is 63.0 cm³/mol. The topological polar surface area (TPSA) is 79.8 Å². The lowest BCUT2D eigenvalue weighted by atomic mass is 10.2. The van der Waals surface area contributed by atoms with Gasteiger partial charge in [-0.15, -0.1) is 0 Å². The molecule has 0 unspecified atom stereocenters. The molecule has 0 bridgehead atoms. The van der Waals surface area contributed by atoms with Gasteiger partial charge in [-0.25, -0.2) is 4.79 Å². The predicted octanol–water partition coefficient (Wildman–Crippen LogP) is 1.52. The molecule has 0 N–H and O–H groups in total. The summed E-state index contributed by atoms with van der Waals surface area (Å²) in [5.74, 6) is -1.35. The van der Waals surface area contributed by atoms with Gasteiger partial charge in [0.2, 0.25) is 0 Å². The lowest BCUT2D eigenvalue weighted by Crippen LogP contribution is -2.29. The first kappa shape index (κ1) is 14.7. The van der Waals surface area contributed by atoms with Crippen molar-refractivity contribution in [2.75, 3.05) is 6.61 Å². The third kappa shape index (κ3) is 5.58. The second kappa shape index (κ2) is 6.35. The molecule has 0 atom stereocenters. The van der Waals surface area contributed by atoms with Crippen LogP contribution in [0, 0.1) is 0 Å². The first-order chi connectivity index (χ1) is 7.31. The van der Waals surface area contributed by atoms with Crippen molar-refractivity contribution in [1.29, 1.82) is 0 Å². The minimum Gasteiger partial charge on any atom is -0.457 e. The van der Waals surface area contributed by atoms with E-state index in [1.807, 2.05) is 0 Å². The summed E-state index contributed by atoms with van der Waals surface area (Å²) in [6.07, 6.45) is 0.114. The highest BCUT2D eigenvalue weighted by atomic mass is 28.3. The van der Waals surface area contributed by atoms with E-state index in [0.717, 1.165) is 6.04 Å². The number of carbonyl (C=O) groups is 2. The minimum absolute atomic E-state index is 0.114. The molecule has 0 aliphatic carbocycles. The third-order valence-corrected chi connectivity index (χ3v) is 3.67. The van der Waals surface area contributed by atoms with Crippen molar-refractivity contribution < 1.29 is 19.1 Å². The Labute approximate surface area is 96.4 Å². The molecule has 0 aromatic heterocycles. The average molecular weight is 242 g/mol. The van der Waals surface area contributed by atoms with Crippen molar-refractivity contribution in [3.63, 3.8) is 0 Å². The van der Waals surface area contributed by atoms with Crippen LogP contribution in [0.25, 0.3) is 5.53 Å². The maximum absolute atomic E-state index is 11.3. The van der Waals surface area contributed by atoms with Crippen LogP contribution < -0.4 is 0 Å². The number of hydrogen-bond acceptors (Lipinski definition) is 3. The largest absolute Gasteiger partial charge is 0.457 e. The van der Waals surface area contributed by atoms with Gasteiger partial charge < -0.3 is 10.3 Å². The van der Waals surface area contributed by atoms with Gasteiger partial charge in [-0.1, -0.05) is 26.6 Å². The van der Waals surface area contributed by atoms with Crippen LogP contribution in [0.1, 0.15) is 13.3 Å². The van der Waals surface area contributed by atoms with Crippen LogP contribution in [-0.4, -0.2) is 36.9 Å². The molecule has 5 nitrogen and oxygen atoms in total. The van der Waals surface area contributed by atoms with Gasteiger partial charge in [0, 0.05) is 14.5 Å². The fraction of sp³-hybridized carbons (Fsp3) is 0.700. The number of Topliss-reactive ketones (excluding diaryl/α,β-unsaturated/α-hetero) is 1. The van der Waals surface area contributed by atoms with Crippen molar-refractivity contribution in [2.24, 2.45) is 0 Å². The third-order valence-electron chi connectivity index (χ3n) is 1.96. The molecule has 16 heavy (non-hydrogen) atoms. The minimum atomic E-state index is -1.27. The highest BCUT2D eigenvalue weighted by Crippen LogP contribution is 2.07. The van der Waals surface area contributed by atoms with E-state index >= 15 is 0 Å². The number of ether oxygens (including phenoxy) is 1. The molecular weight excluding hydrogens is 224 g/mol. The standard InChI is InChI=1S/C10H18N2O3Si/c1-5-8(13)9(12-11)10(14)15-6-7-16(2,3)4/h5-7H2,1-4H3. The molecule has 0 aromatic rings. The number of ketones is 1. The number of nitrogens with zero attached hydrogens (tertiary/aromatic N) is 2. The van der Waals surface area contributed by atoms with Gasteiger partial charge in [0.05, 0.1) is 6.61 Å². The van der Waals surface area contributed by atoms with Gasteiger partial charge in [-0.05, 0) is 6.04 Å². The summed E-state index contributed by atoms with van der Waals surface area (Å²) in [7, 11) is -1.27. The van der Waals surface area contributed by atoms with E-state index in [1.54, 1.807) is 6.92 Å². The zero-order valence-electron chi connectivity index (χ0n) is 10.2. The fourth-order valence-corrected chi connectivity index (χ4v) is 1.61. The monoisotopic (exact) mass is 242 g/mol. The van der Waals surface area contributed by atoms with Crippen molar-refractivity contribution in [1.82, 2.24) is 0 Å². The molecule has 0 radical (unpaired) electrons. The molecule has 0 aliphatic heterocycles. The van der Waals surface area contributed by atoms with Gasteiger partial charge in [-0.3, -0.25) is 4.79 Å². The first-order valence-electron chi connectivity index (χ1n) is 5.24. The lowest BCUT2D eigenvalue weighted by molar-refractivity contribution is -0.141. The molecule has 0 saturated carbocycles. The summed E-state index contributed by atoms with van der Waals surface area (Å²) in [6.45, 7) is 8.31. The van der Waals surface area contributed by atoms with Gasteiger partial charge in [-0.2, -0.15) is 4.79 Å². The number of esters is 1. The molecule has 0 saturated heterocycles. The van der Waals surface area contributed by atoms with Crippen LogP contribution in [0.3, 0.4) is 0 Å². The summed E-state index contributed by atoms with van der Waals surface area (Å²) in [5.41, 5.74) is 8.02. The Hall–Kier alpha value is -1.26. The van der Waals surface area contributed by atoms with E-state index in [1.165, 1.54) is 0 Å². The molecule has 0 aromatic carbocycles. The summed E-state index contributed by atoms with van der Waals surface area (Å²) >= 11 is 0. The smallest absolute Gasteiger partial charge is 0.441 e. The Bertz CT molecular complexity index is 327. The van der Waals surface area contributed by atoms with Crippen LogP contribution in [0.2, 0.25) is 25.7 Å². The van der Waals surface area contributed by atoms with Crippen LogP contribution >= 0.6 is 0 Å². The Kier molecular flexibility index (Phi) is 5.85. The van der Waals surface area contributed by atoms with Gasteiger partial charge in [0.25, 0.3) is 5.78 Å². The van der Waals surface area contributed by atoms with E-state index in [2.05, 4.69) is 24.4 Å². The Morgan fingerprint density at radius 2 is 1.88 bits per heavy atom. The molecule has 0 amide bonds. The van der Waals surface area contributed by atoms with Gasteiger partial charge in [0.15, 0.2) is 0 Å². The Morgan fingerprint density at radius 3 is 2.25 bits per heavy atom. The molecule has 0 heterocycles. The highest BCUT2D eigenvalue weighted by molar-refractivity contribution is 6.76. The van der Waals surface area contributed by atoms with E-state index < -0.39 is 25.5 Å². The summed E-state index contributed by atoms with van der Waals surface area (Å²) in [6, 6.07) is 0.817. The Balaban J connectivity index is 4.26. The molecule has 0 spiro atoms. The summed E-state index contributed by atoms with van der Waals surface area (Å²) in [4.78, 5) is 25.2. The number of rotatable bonds is 6. The maximum atomic E-state index is 11.3. The fourth-order valence-electron chi connectivity index (χ4n) is 0.896. The number of hydrogen-bond donors (Lipinski definition) is 0. The number of carbonyl (C=O) groups excluding carboxylic acids is 2. The van der Waals surface area contributed by atoms with Crippen LogP contribution in [0.15, 0.2) is 0 Å². The van der Waals surface area contributed by atoms with Crippen LogP contribution in [0.5, 0.6) is 0 Å². The van der Waals surface area contributed by atoms with Gasteiger partial charge in [0.1, 0.15) is 0 Å². The second-order valence-electron chi connectivity index (χ2n) is 4.67. The second-order valence-corrected chi connectivity index (χ2v) is 10.3. The first-order valence-corrected chi connectivity index (χ1v) is 8.95. The van der Waals surface area contributed by atoms with Crippen LogP contribution in [0.4, 0.5) is 0 Å². The average Bonchev–Trinajstić information content (AvgIpc) is 2.16. The molecule has 6 heteroatoms.